The number of methoxy groups -OCH3 is 1. The van der Waals surface area contributed by atoms with Crippen LogP contribution in [0.2, 0.25) is 0 Å². The fourth-order valence-corrected chi connectivity index (χ4v) is 3.89. The summed E-state index contributed by atoms with van der Waals surface area (Å²) in [6.07, 6.45) is 0.691. The molecular formula is C26H28N3O2+. The molecule has 3 aromatic rings. The normalized spacial score (nSPS) is 16.6. The van der Waals surface area contributed by atoms with E-state index in [1.807, 2.05) is 72.8 Å². The Morgan fingerprint density at radius 1 is 1.03 bits per heavy atom. The number of amides is 1. The summed E-state index contributed by atoms with van der Waals surface area (Å²) < 4.78 is 5.29. The predicted octanol–water partition coefficient (Wildman–Crippen LogP) is 3.70. The Labute approximate surface area is 183 Å². The molecule has 5 heteroatoms. The van der Waals surface area contributed by atoms with E-state index in [-0.39, 0.29) is 18.0 Å². The minimum Gasteiger partial charge on any atom is -0.497 e. The quantitative estimate of drug-likeness (QED) is 0.641. The first-order valence-corrected chi connectivity index (χ1v) is 10.6. The SMILES string of the molecule is COc1ccc([C@@H]2CC(c3ccccc3)=NN2C(=O)C[NH2+][C@H](C)c2ccccc2)cc1. The van der Waals surface area contributed by atoms with Gasteiger partial charge in [-0.3, -0.25) is 4.79 Å². The van der Waals surface area contributed by atoms with Crippen LogP contribution in [0.25, 0.3) is 0 Å². The molecule has 5 nitrogen and oxygen atoms in total. The summed E-state index contributed by atoms with van der Waals surface area (Å²) in [6.45, 7) is 2.46. The third-order valence-corrected chi connectivity index (χ3v) is 5.74. The van der Waals surface area contributed by atoms with Gasteiger partial charge >= 0.3 is 0 Å². The van der Waals surface area contributed by atoms with Gasteiger partial charge in [0.05, 0.1) is 18.9 Å². The molecule has 4 rings (SSSR count). The van der Waals surface area contributed by atoms with Crippen molar-refractivity contribution in [3.05, 3.63) is 102 Å². The van der Waals surface area contributed by atoms with E-state index in [0.29, 0.717) is 13.0 Å². The van der Waals surface area contributed by atoms with Crippen LogP contribution >= 0.6 is 0 Å². The third kappa shape index (κ3) is 4.84. The Hall–Kier alpha value is -3.44. The van der Waals surface area contributed by atoms with Crippen molar-refractivity contribution in [1.82, 2.24) is 5.01 Å². The molecule has 2 atom stereocenters. The number of nitrogens with two attached hydrogens (primary N) is 1. The zero-order valence-corrected chi connectivity index (χ0v) is 17.9. The summed E-state index contributed by atoms with van der Waals surface area (Å²) in [4.78, 5) is 13.2. The first-order valence-electron chi connectivity index (χ1n) is 10.6. The molecular weight excluding hydrogens is 386 g/mol. The van der Waals surface area contributed by atoms with E-state index in [4.69, 9.17) is 9.84 Å². The van der Waals surface area contributed by atoms with Gasteiger partial charge in [0.15, 0.2) is 6.54 Å². The highest BCUT2D eigenvalue weighted by Crippen LogP contribution is 2.33. The van der Waals surface area contributed by atoms with Crippen LogP contribution in [0.1, 0.15) is 42.1 Å². The smallest absolute Gasteiger partial charge is 0.298 e. The van der Waals surface area contributed by atoms with Crippen LogP contribution in [-0.2, 0) is 4.79 Å². The topological polar surface area (TPSA) is 58.5 Å². The number of nitrogens with zero attached hydrogens (tertiary/aromatic N) is 2. The first kappa shape index (κ1) is 20.8. The lowest BCUT2D eigenvalue weighted by atomic mass is 9.98. The molecule has 0 saturated carbocycles. The third-order valence-electron chi connectivity index (χ3n) is 5.74. The summed E-state index contributed by atoms with van der Waals surface area (Å²) >= 11 is 0. The first-order chi connectivity index (χ1) is 15.2. The molecule has 0 aromatic heterocycles. The van der Waals surface area contributed by atoms with Gasteiger partial charge < -0.3 is 10.1 Å². The maximum absolute atomic E-state index is 13.2. The monoisotopic (exact) mass is 414 g/mol. The van der Waals surface area contributed by atoms with Gasteiger partial charge in [0, 0.05) is 12.0 Å². The van der Waals surface area contributed by atoms with Gasteiger partial charge in [0.2, 0.25) is 0 Å². The van der Waals surface area contributed by atoms with Gasteiger partial charge in [-0.05, 0) is 30.2 Å². The molecule has 0 radical (unpaired) electrons. The minimum atomic E-state index is -0.117. The van der Waals surface area contributed by atoms with Gasteiger partial charge in [-0.2, -0.15) is 5.10 Å². The largest absolute Gasteiger partial charge is 0.497 e. The van der Waals surface area contributed by atoms with E-state index in [0.717, 1.165) is 22.6 Å². The van der Waals surface area contributed by atoms with E-state index in [1.54, 1.807) is 12.1 Å². The number of hydrogen-bond acceptors (Lipinski definition) is 3. The van der Waals surface area contributed by atoms with Crippen LogP contribution in [0.4, 0.5) is 0 Å². The van der Waals surface area contributed by atoms with E-state index in [2.05, 4.69) is 24.4 Å². The number of hydrogen-bond donors (Lipinski definition) is 1. The molecule has 1 aliphatic rings. The maximum atomic E-state index is 13.2. The summed E-state index contributed by atoms with van der Waals surface area (Å²) in [5.74, 6) is 0.809. The molecule has 158 valence electrons. The van der Waals surface area contributed by atoms with Crippen molar-refractivity contribution in [2.24, 2.45) is 5.10 Å². The highest BCUT2D eigenvalue weighted by Gasteiger charge is 2.33. The van der Waals surface area contributed by atoms with Crippen LogP contribution in [0.3, 0.4) is 0 Å². The van der Waals surface area contributed by atoms with E-state index in [1.165, 1.54) is 5.56 Å². The number of carbonyl (C=O) groups is 1. The molecule has 1 amide bonds. The molecule has 0 unspecified atom stereocenters. The van der Waals surface area contributed by atoms with Gasteiger partial charge in [0.25, 0.3) is 5.91 Å². The summed E-state index contributed by atoms with van der Waals surface area (Å²) in [6, 6.07) is 28.3. The van der Waals surface area contributed by atoms with Crippen LogP contribution in [0, 0.1) is 0 Å². The number of rotatable bonds is 7. The second kappa shape index (κ2) is 9.58. The fraction of sp³-hybridized carbons (Fsp3) is 0.231. The lowest BCUT2D eigenvalue weighted by Gasteiger charge is -2.22. The van der Waals surface area contributed by atoms with Crippen molar-refractivity contribution in [1.29, 1.82) is 0 Å². The Balaban J connectivity index is 1.54. The van der Waals surface area contributed by atoms with Gasteiger partial charge in [-0.1, -0.05) is 72.8 Å². The van der Waals surface area contributed by atoms with Crippen molar-refractivity contribution in [2.45, 2.75) is 25.4 Å². The van der Waals surface area contributed by atoms with Crippen molar-refractivity contribution in [2.75, 3.05) is 13.7 Å². The van der Waals surface area contributed by atoms with Gasteiger partial charge in [-0.25, -0.2) is 5.01 Å². The number of benzene rings is 3. The maximum Gasteiger partial charge on any atom is 0.298 e. The summed E-state index contributed by atoms with van der Waals surface area (Å²) in [5.41, 5.74) is 4.25. The Bertz CT molecular complexity index is 1030. The summed E-state index contributed by atoms with van der Waals surface area (Å²) in [5, 5.41) is 8.49. The molecule has 0 bridgehead atoms. The van der Waals surface area contributed by atoms with Crippen LogP contribution in [-0.4, -0.2) is 30.3 Å². The summed E-state index contributed by atoms with van der Waals surface area (Å²) in [7, 11) is 1.65. The average Bonchev–Trinajstić information content (AvgIpc) is 3.29. The zero-order valence-electron chi connectivity index (χ0n) is 17.9. The van der Waals surface area contributed by atoms with Gasteiger partial charge in [-0.15, -0.1) is 0 Å². The molecule has 0 saturated heterocycles. The number of ether oxygens (including phenoxy) is 1. The van der Waals surface area contributed by atoms with Crippen LogP contribution < -0.4 is 10.1 Å². The Kier molecular flexibility index (Phi) is 6.43. The van der Waals surface area contributed by atoms with Crippen molar-refractivity contribution in [3.63, 3.8) is 0 Å². The number of hydrazone groups is 1. The van der Waals surface area contributed by atoms with Crippen LogP contribution in [0.5, 0.6) is 5.75 Å². The molecule has 1 heterocycles. The number of carbonyl (C=O) groups excluding carboxylic acids is 1. The highest BCUT2D eigenvalue weighted by atomic mass is 16.5. The molecule has 3 aromatic carbocycles. The van der Waals surface area contributed by atoms with Crippen molar-refractivity contribution >= 4 is 11.6 Å². The van der Waals surface area contributed by atoms with Crippen molar-refractivity contribution in [3.8, 4) is 5.75 Å². The molecule has 0 fully saturated rings. The lowest BCUT2D eigenvalue weighted by Crippen LogP contribution is -2.86. The van der Waals surface area contributed by atoms with E-state index >= 15 is 0 Å². The zero-order chi connectivity index (χ0) is 21.6. The Morgan fingerprint density at radius 2 is 1.68 bits per heavy atom. The van der Waals surface area contributed by atoms with E-state index in [9.17, 15) is 4.79 Å². The fourth-order valence-electron chi connectivity index (χ4n) is 3.89. The number of quaternary nitrogens is 1. The van der Waals surface area contributed by atoms with Crippen molar-refractivity contribution < 1.29 is 14.8 Å². The lowest BCUT2D eigenvalue weighted by molar-refractivity contribution is -0.683. The van der Waals surface area contributed by atoms with Crippen LogP contribution in [0.15, 0.2) is 90.0 Å². The predicted molar refractivity (Wildman–Crippen MR) is 122 cm³/mol. The van der Waals surface area contributed by atoms with Gasteiger partial charge in [0.1, 0.15) is 11.8 Å². The molecule has 1 aliphatic heterocycles. The molecule has 31 heavy (non-hydrogen) atoms. The Morgan fingerprint density at radius 3 is 2.32 bits per heavy atom. The standard InChI is InChI=1S/C26H27N3O2/c1-19(20-9-5-3-6-10-20)27-18-26(30)29-25(22-13-15-23(31-2)16-14-22)17-24(28-29)21-11-7-4-8-12-21/h3-16,19,25,27H,17-18H2,1-2H3/p+1/t19-,25+/m1/s1. The molecule has 0 aliphatic carbocycles. The molecule has 2 N–H and O–H groups in total. The average molecular weight is 415 g/mol. The van der Waals surface area contributed by atoms with E-state index < -0.39 is 0 Å². The molecule has 0 spiro atoms. The minimum absolute atomic E-state index is 0.00882. The second-order valence-electron chi connectivity index (χ2n) is 7.78. The highest BCUT2D eigenvalue weighted by molar-refractivity contribution is 6.03. The second-order valence-corrected chi connectivity index (χ2v) is 7.78.